The van der Waals surface area contributed by atoms with Crippen molar-refractivity contribution in [3.63, 3.8) is 0 Å². The molecule has 1 atom stereocenters. The SMILES string of the molecule is CC(CCN)CNc1nc[nH]c(=O)c1I. The van der Waals surface area contributed by atoms with Crippen LogP contribution in [0.15, 0.2) is 11.1 Å². The van der Waals surface area contributed by atoms with E-state index in [9.17, 15) is 4.79 Å². The van der Waals surface area contributed by atoms with E-state index in [1.54, 1.807) is 0 Å². The summed E-state index contributed by atoms with van der Waals surface area (Å²) < 4.78 is 0.593. The molecule has 0 aliphatic heterocycles. The molecule has 0 amide bonds. The average molecular weight is 322 g/mol. The minimum atomic E-state index is -0.112. The van der Waals surface area contributed by atoms with Crippen molar-refractivity contribution < 1.29 is 0 Å². The molecular formula is C9H15IN4O. The lowest BCUT2D eigenvalue weighted by molar-refractivity contribution is 0.567. The fraction of sp³-hybridized carbons (Fsp3) is 0.556. The first-order valence-electron chi connectivity index (χ1n) is 4.82. The van der Waals surface area contributed by atoms with E-state index < -0.39 is 0 Å². The van der Waals surface area contributed by atoms with Gasteiger partial charge in [-0.1, -0.05) is 6.92 Å². The van der Waals surface area contributed by atoms with Crippen molar-refractivity contribution >= 4 is 28.4 Å². The molecule has 4 N–H and O–H groups in total. The fourth-order valence-corrected chi connectivity index (χ4v) is 1.65. The van der Waals surface area contributed by atoms with Crippen LogP contribution in [-0.2, 0) is 0 Å². The van der Waals surface area contributed by atoms with Crippen molar-refractivity contribution in [3.05, 3.63) is 20.3 Å². The molecule has 0 aliphatic carbocycles. The summed E-state index contributed by atoms with van der Waals surface area (Å²) >= 11 is 1.98. The first kappa shape index (κ1) is 12.4. The van der Waals surface area contributed by atoms with Crippen molar-refractivity contribution in [2.45, 2.75) is 13.3 Å². The van der Waals surface area contributed by atoms with Gasteiger partial charge in [0.25, 0.3) is 5.56 Å². The van der Waals surface area contributed by atoms with Gasteiger partial charge >= 0.3 is 0 Å². The molecule has 5 nitrogen and oxygen atoms in total. The normalized spacial score (nSPS) is 12.5. The third-order valence-electron chi connectivity index (χ3n) is 2.07. The number of nitrogens with two attached hydrogens (primary N) is 1. The molecule has 0 spiro atoms. The van der Waals surface area contributed by atoms with Gasteiger partial charge in [0.05, 0.1) is 6.33 Å². The van der Waals surface area contributed by atoms with E-state index in [1.807, 2.05) is 22.6 Å². The zero-order chi connectivity index (χ0) is 11.3. The molecule has 0 bridgehead atoms. The van der Waals surface area contributed by atoms with E-state index in [2.05, 4.69) is 22.2 Å². The second-order valence-electron chi connectivity index (χ2n) is 3.46. The lowest BCUT2D eigenvalue weighted by Gasteiger charge is -2.12. The van der Waals surface area contributed by atoms with Crippen LogP contribution < -0.4 is 16.6 Å². The van der Waals surface area contributed by atoms with Gasteiger partial charge in [0, 0.05) is 6.54 Å². The topological polar surface area (TPSA) is 83.8 Å². The Balaban J connectivity index is 2.58. The third kappa shape index (κ3) is 3.78. The highest BCUT2D eigenvalue weighted by Gasteiger charge is 2.06. The molecular weight excluding hydrogens is 307 g/mol. The molecule has 1 heterocycles. The molecule has 6 heteroatoms. The highest BCUT2D eigenvalue weighted by atomic mass is 127. The highest BCUT2D eigenvalue weighted by molar-refractivity contribution is 14.1. The Kier molecular flexibility index (Phi) is 5.03. The van der Waals surface area contributed by atoms with Crippen LogP contribution in [0.25, 0.3) is 0 Å². The van der Waals surface area contributed by atoms with Gasteiger partial charge in [-0.15, -0.1) is 0 Å². The number of aromatic nitrogens is 2. The average Bonchev–Trinajstić information content (AvgIpc) is 2.21. The number of hydrogen-bond acceptors (Lipinski definition) is 4. The summed E-state index contributed by atoms with van der Waals surface area (Å²) in [6.45, 7) is 3.58. The molecule has 0 fully saturated rings. The van der Waals surface area contributed by atoms with Gasteiger partial charge in [0.15, 0.2) is 0 Å². The predicted molar refractivity (Wildman–Crippen MR) is 68.9 cm³/mol. The maximum Gasteiger partial charge on any atom is 0.266 e. The summed E-state index contributed by atoms with van der Waals surface area (Å²) in [5.74, 6) is 1.12. The molecule has 84 valence electrons. The van der Waals surface area contributed by atoms with E-state index in [1.165, 1.54) is 6.33 Å². The quantitative estimate of drug-likeness (QED) is 0.699. The molecule has 0 aliphatic rings. The zero-order valence-electron chi connectivity index (χ0n) is 8.59. The van der Waals surface area contributed by atoms with Crippen molar-refractivity contribution in [1.29, 1.82) is 0 Å². The van der Waals surface area contributed by atoms with E-state index in [0.29, 0.717) is 21.9 Å². The highest BCUT2D eigenvalue weighted by Crippen LogP contribution is 2.10. The summed E-state index contributed by atoms with van der Waals surface area (Å²) in [5.41, 5.74) is 5.34. The monoisotopic (exact) mass is 322 g/mol. The summed E-state index contributed by atoms with van der Waals surface area (Å²) in [4.78, 5) is 17.8. The van der Waals surface area contributed by atoms with Crippen LogP contribution in [0.4, 0.5) is 5.82 Å². The fourth-order valence-electron chi connectivity index (χ4n) is 1.16. The number of hydrogen-bond donors (Lipinski definition) is 3. The first-order chi connectivity index (χ1) is 7.15. The number of nitrogens with one attached hydrogen (secondary N) is 2. The van der Waals surface area contributed by atoms with Crippen LogP contribution in [-0.4, -0.2) is 23.1 Å². The van der Waals surface area contributed by atoms with Crippen molar-refractivity contribution in [3.8, 4) is 0 Å². The van der Waals surface area contributed by atoms with E-state index in [-0.39, 0.29) is 5.56 Å². The lowest BCUT2D eigenvalue weighted by Crippen LogP contribution is -2.19. The molecule has 1 aromatic heterocycles. The molecule has 0 saturated carbocycles. The van der Waals surface area contributed by atoms with Crippen LogP contribution >= 0.6 is 22.6 Å². The Labute approximate surface area is 102 Å². The number of halogens is 1. The molecule has 0 saturated heterocycles. The van der Waals surface area contributed by atoms with Crippen LogP contribution in [0.2, 0.25) is 0 Å². The van der Waals surface area contributed by atoms with Gasteiger partial charge < -0.3 is 16.0 Å². The maximum absolute atomic E-state index is 11.2. The summed E-state index contributed by atoms with van der Waals surface area (Å²) in [6.07, 6.45) is 2.37. The summed E-state index contributed by atoms with van der Waals surface area (Å²) in [6, 6.07) is 0. The molecule has 15 heavy (non-hydrogen) atoms. The van der Waals surface area contributed by atoms with Crippen LogP contribution in [0.1, 0.15) is 13.3 Å². The Hall–Kier alpha value is -0.630. The standard InChI is InChI=1S/C9H15IN4O/c1-6(2-3-11)4-12-8-7(10)9(15)14-5-13-8/h5-6H,2-4,11H2,1H3,(H2,12,13,14,15). The van der Waals surface area contributed by atoms with Crippen LogP contribution in [0.5, 0.6) is 0 Å². The summed E-state index contributed by atoms with van der Waals surface area (Å²) in [5, 5.41) is 3.14. The Morgan fingerprint density at radius 3 is 3.13 bits per heavy atom. The Morgan fingerprint density at radius 2 is 2.47 bits per heavy atom. The van der Waals surface area contributed by atoms with E-state index in [0.717, 1.165) is 13.0 Å². The van der Waals surface area contributed by atoms with Crippen molar-refractivity contribution in [1.82, 2.24) is 9.97 Å². The lowest BCUT2D eigenvalue weighted by atomic mass is 10.1. The Morgan fingerprint density at radius 1 is 1.73 bits per heavy atom. The number of aromatic amines is 1. The van der Waals surface area contributed by atoms with Crippen LogP contribution in [0.3, 0.4) is 0 Å². The molecule has 0 aromatic carbocycles. The van der Waals surface area contributed by atoms with Gasteiger partial charge in [0.1, 0.15) is 9.39 Å². The third-order valence-corrected chi connectivity index (χ3v) is 3.07. The molecule has 1 rings (SSSR count). The van der Waals surface area contributed by atoms with E-state index >= 15 is 0 Å². The second kappa shape index (κ2) is 6.06. The van der Waals surface area contributed by atoms with E-state index in [4.69, 9.17) is 5.73 Å². The predicted octanol–water partition coefficient (Wildman–Crippen LogP) is 0.771. The number of rotatable bonds is 5. The van der Waals surface area contributed by atoms with Gasteiger partial charge in [0.2, 0.25) is 0 Å². The van der Waals surface area contributed by atoms with Crippen LogP contribution in [0, 0.1) is 9.49 Å². The van der Waals surface area contributed by atoms with Gasteiger partial charge in [-0.25, -0.2) is 4.98 Å². The number of anilines is 1. The minimum Gasteiger partial charge on any atom is -0.369 e. The second-order valence-corrected chi connectivity index (χ2v) is 4.54. The molecule has 1 unspecified atom stereocenters. The Bertz CT molecular complexity index is 365. The molecule has 1 aromatic rings. The first-order valence-corrected chi connectivity index (χ1v) is 5.90. The zero-order valence-corrected chi connectivity index (χ0v) is 10.7. The van der Waals surface area contributed by atoms with Gasteiger partial charge in [-0.3, -0.25) is 4.79 Å². The van der Waals surface area contributed by atoms with Gasteiger partial charge in [-0.05, 0) is 41.5 Å². The van der Waals surface area contributed by atoms with Crippen molar-refractivity contribution in [2.75, 3.05) is 18.4 Å². The molecule has 0 radical (unpaired) electrons. The van der Waals surface area contributed by atoms with Gasteiger partial charge in [-0.2, -0.15) is 0 Å². The summed E-state index contributed by atoms with van der Waals surface area (Å²) in [7, 11) is 0. The number of H-pyrrole nitrogens is 1. The smallest absolute Gasteiger partial charge is 0.266 e. The number of nitrogens with zero attached hydrogens (tertiary/aromatic N) is 1. The maximum atomic E-state index is 11.2. The largest absolute Gasteiger partial charge is 0.369 e. The van der Waals surface area contributed by atoms with Crippen molar-refractivity contribution in [2.24, 2.45) is 11.7 Å². The minimum absolute atomic E-state index is 0.112.